The molecule has 1 aromatic heterocycles. The summed E-state index contributed by atoms with van der Waals surface area (Å²) < 4.78 is 15.3. The van der Waals surface area contributed by atoms with Crippen molar-refractivity contribution in [3.05, 3.63) is 65.4 Å². The zero-order valence-corrected chi connectivity index (χ0v) is 21.8. The number of unbranched alkanes of at least 4 members (excludes halogenated alkanes) is 3. The van der Waals surface area contributed by atoms with Crippen molar-refractivity contribution >= 4 is 0 Å². The third kappa shape index (κ3) is 4.87. The number of benzene rings is 2. The summed E-state index contributed by atoms with van der Waals surface area (Å²) in [7, 11) is 0. The van der Waals surface area contributed by atoms with Crippen LogP contribution in [0.5, 0.6) is 11.5 Å². The number of hydrogen-bond acceptors (Lipinski definition) is 3. The fraction of sp³-hybridized carbons (Fsp3) is 0.500. The molecule has 0 aliphatic carbocycles. The molecule has 1 aliphatic heterocycles. The number of hydrogen-bond donors (Lipinski definition) is 0. The van der Waals surface area contributed by atoms with Crippen molar-refractivity contribution in [1.82, 2.24) is 9.78 Å². The van der Waals surface area contributed by atoms with Crippen molar-refractivity contribution in [2.75, 3.05) is 0 Å². The van der Waals surface area contributed by atoms with Crippen molar-refractivity contribution in [3.8, 4) is 22.8 Å². The Hall–Kier alpha value is -2.75. The van der Waals surface area contributed by atoms with Crippen LogP contribution >= 0.6 is 0 Å². The Morgan fingerprint density at radius 1 is 1.03 bits per heavy atom. The van der Waals surface area contributed by atoms with Gasteiger partial charge in [0.2, 0.25) is 0 Å². The standard InChI is InChI=1S/C30H40N2O2/c1-7-9-10-14-17-29(3,4)23-18-25(33-21-22-15-12-11-13-16-22)27-26(19-23)34-30(5,6)24-20-31-32(8-2)28(24)27/h11-13,15-16,18-20H,7-10,14,17,21H2,1-6H3. The predicted molar refractivity (Wildman–Crippen MR) is 140 cm³/mol. The summed E-state index contributed by atoms with van der Waals surface area (Å²) in [6, 6.07) is 14.9. The van der Waals surface area contributed by atoms with Crippen LogP contribution in [0.15, 0.2) is 48.7 Å². The van der Waals surface area contributed by atoms with Gasteiger partial charge < -0.3 is 9.47 Å². The molecule has 0 saturated carbocycles. The van der Waals surface area contributed by atoms with Gasteiger partial charge in [-0.1, -0.05) is 76.8 Å². The highest BCUT2D eigenvalue weighted by molar-refractivity contribution is 5.80. The second kappa shape index (κ2) is 9.85. The molecule has 0 saturated heterocycles. The molecule has 3 aromatic rings. The van der Waals surface area contributed by atoms with Crippen LogP contribution in [-0.2, 0) is 24.2 Å². The molecule has 2 aromatic carbocycles. The number of rotatable bonds is 10. The fourth-order valence-electron chi connectivity index (χ4n) is 4.94. The molecule has 0 spiro atoms. The summed E-state index contributed by atoms with van der Waals surface area (Å²) in [6.45, 7) is 14.7. The first-order chi connectivity index (χ1) is 16.3. The Bertz CT molecular complexity index is 1110. The molecule has 0 bridgehead atoms. The zero-order chi connectivity index (χ0) is 24.3. The molecule has 4 nitrogen and oxygen atoms in total. The molecule has 2 heterocycles. The Morgan fingerprint density at radius 2 is 1.79 bits per heavy atom. The largest absolute Gasteiger partial charge is 0.488 e. The third-order valence-electron chi connectivity index (χ3n) is 7.13. The molecule has 0 radical (unpaired) electrons. The Morgan fingerprint density at radius 3 is 2.50 bits per heavy atom. The van der Waals surface area contributed by atoms with E-state index in [4.69, 9.17) is 9.47 Å². The van der Waals surface area contributed by atoms with Crippen LogP contribution in [0.25, 0.3) is 11.3 Å². The number of aryl methyl sites for hydroxylation is 1. The summed E-state index contributed by atoms with van der Waals surface area (Å²) >= 11 is 0. The number of ether oxygens (including phenoxy) is 2. The van der Waals surface area contributed by atoms with Gasteiger partial charge in [-0.05, 0) is 55.9 Å². The van der Waals surface area contributed by atoms with E-state index in [9.17, 15) is 0 Å². The van der Waals surface area contributed by atoms with E-state index in [0.29, 0.717) is 6.61 Å². The van der Waals surface area contributed by atoms with Gasteiger partial charge in [-0.3, -0.25) is 4.68 Å². The smallest absolute Gasteiger partial charge is 0.134 e. The molecule has 4 heteroatoms. The number of fused-ring (bicyclic) bond motifs is 3. The summed E-state index contributed by atoms with van der Waals surface area (Å²) in [6.07, 6.45) is 8.17. The van der Waals surface area contributed by atoms with E-state index in [1.165, 1.54) is 31.2 Å². The van der Waals surface area contributed by atoms with Gasteiger partial charge in [0.1, 0.15) is 23.7 Å². The molecular weight excluding hydrogens is 420 g/mol. The van der Waals surface area contributed by atoms with Gasteiger partial charge >= 0.3 is 0 Å². The van der Waals surface area contributed by atoms with Gasteiger partial charge in [0.15, 0.2) is 0 Å². The normalized spacial score (nSPS) is 14.3. The van der Waals surface area contributed by atoms with Crippen molar-refractivity contribution in [1.29, 1.82) is 0 Å². The minimum Gasteiger partial charge on any atom is -0.488 e. The highest BCUT2D eigenvalue weighted by Gasteiger charge is 2.38. The molecule has 0 atom stereocenters. The third-order valence-corrected chi connectivity index (χ3v) is 7.13. The van der Waals surface area contributed by atoms with E-state index in [-0.39, 0.29) is 5.41 Å². The maximum absolute atomic E-state index is 6.64. The highest BCUT2D eigenvalue weighted by atomic mass is 16.5. The summed E-state index contributed by atoms with van der Waals surface area (Å²) in [5.41, 5.74) is 5.26. The first-order valence-corrected chi connectivity index (χ1v) is 12.9. The van der Waals surface area contributed by atoms with Crippen molar-refractivity contribution in [2.45, 2.75) is 97.8 Å². The summed E-state index contributed by atoms with van der Waals surface area (Å²) in [5, 5.41) is 4.68. The van der Waals surface area contributed by atoms with E-state index in [1.807, 2.05) is 12.3 Å². The molecule has 182 valence electrons. The van der Waals surface area contributed by atoms with E-state index < -0.39 is 5.60 Å². The summed E-state index contributed by atoms with van der Waals surface area (Å²) in [4.78, 5) is 0. The lowest BCUT2D eigenvalue weighted by Gasteiger charge is -2.35. The Kier molecular flexibility index (Phi) is 7.06. The lowest BCUT2D eigenvalue weighted by atomic mass is 9.78. The fourth-order valence-corrected chi connectivity index (χ4v) is 4.94. The van der Waals surface area contributed by atoms with Gasteiger partial charge in [-0.2, -0.15) is 5.10 Å². The predicted octanol–water partition coefficient (Wildman–Crippen LogP) is 8.02. The van der Waals surface area contributed by atoms with E-state index in [0.717, 1.165) is 46.8 Å². The van der Waals surface area contributed by atoms with Gasteiger partial charge in [0.05, 0.1) is 17.5 Å². The molecule has 1 aliphatic rings. The minimum absolute atomic E-state index is 0.0341. The maximum atomic E-state index is 6.64. The average Bonchev–Trinajstić information content (AvgIpc) is 3.26. The molecule has 0 fully saturated rings. The van der Waals surface area contributed by atoms with Crippen LogP contribution in [0.1, 0.15) is 90.3 Å². The highest BCUT2D eigenvalue weighted by Crippen LogP contribution is 2.51. The molecule has 4 rings (SSSR count). The molecule has 0 amide bonds. The van der Waals surface area contributed by atoms with Gasteiger partial charge in [-0.25, -0.2) is 0 Å². The topological polar surface area (TPSA) is 36.3 Å². The first-order valence-electron chi connectivity index (χ1n) is 12.9. The summed E-state index contributed by atoms with van der Waals surface area (Å²) in [5.74, 6) is 1.78. The van der Waals surface area contributed by atoms with Crippen LogP contribution in [-0.4, -0.2) is 9.78 Å². The van der Waals surface area contributed by atoms with E-state index in [2.05, 4.69) is 87.7 Å². The number of nitrogens with zero attached hydrogens (tertiary/aromatic N) is 2. The SMILES string of the molecule is CCCCCCC(C)(C)c1cc(OCc2ccccc2)c2c(c1)OC(C)(C)c1cnn(CC)c1-2. The van der Waals surface area contributed by atoms with Crippen molar-refractivity contribution < 1.29 is 9.47 Å². The minimum atomic E-state index is -0.448. The number of aromatic nitrogens is 2. The molecule has 0 N–H and O–H groups in total. The van der Waals surface area contributed by atoms with Crippen molar-refractivity contribution in [2.24, 2.45) is 0 Å². The lowest BCUT2D eigenvalue weighted by Crippen LogP contribution is -2.30. The second-order valence-corrected chi connectivity index (χ2v) is 10.7. The van der Waals surface area contributed by atoms with Crippen molar-refractivity contribution in [3.63, 3.8) is 0 Å². The Balaban J connectivity index is 1.79. The molecule has 34 heavy (non-hydrogen) atoms. The van der Waals surface area contributed by atoms with E-state index >= 15 is 0 Å². The van der Waals surface area contributed by atoms with Crippen LogP contribution in [0.3, 0.4) is 0 Å². The van der Waals surface area contributed by atoms with Crippen LogP contribution in [0.4, 0.5) is 0 Å². The van der Waals surface area contributed by atoms with Gasteiger partial charge in [0.25, 0.3) is 0 Å². The van der Waals surface area contributed by atoms with Gasteiger partial charge in [-0.15, -0.1) is 0 Å². The quantitative estimate of drug-likeness (QED) is 0.287. The first kappa shape index (κ1) is 24.4. The van der Waals surface area contributed by atoms with Crippen LogP contribution in [0.2, 0.25) is 0 Å². The lowest BCUT2D eigenvalue weighted by molar-refractivity contribution is 0.104. The van der Waals surface area contributed by atoms with E-state index in [1.54, 1.807) is 0 Å². The average molecular weight is 461 g/mol. The monoisotopic (exact) mass is 460 g/mol. The molecular formula is C30H40N2O2. The maximum Gasteiger partial charge on any atom is 0.134 e. The zero-order valence-electron chi connectivity index (χ0n) is 21.8. The van der Waals surface area contributed by atoms with Gasteiger partial charge in [0, 0.05) is 12.1 Å². The molecule has 0 unspecified atom stereocenters. The van der Waals surface area contributed by atoms with Crippen LogP contribution < -0.4 is 9.47 Å². The second-order valence-electron chi connectivity index (χ2n) is 10.7. The van der Waals surface area contributed by atoms with Crippen LogP contribution in [0, 0.1) is 0 Å². The Labute approximate surface area is 205 Å².